The van der Waals surface area contributed by atoms with Gasteiger partial charge in [-0.05, 0) is 60.4 Å². The second-order valence-corrected chi connectivity index (χ2v) is 7.32. The van der Waals surface area contributed by atoms with Crippen LogP contribution >= 0.6 is 11.6 Å². The lowest BCUT2D eigenvalue weighted by Gasteiger charge is -2.16. The Bertz CT molecular complexity index is 1040. The third-order valence-electron chi connectivity index (χ3n) is 4.78. The molecule has 0 bridgehead atoms. The number of nitro benzene ring substituents is 1. The summed E-state index contributed by atoms with van der Waals surface area (Å²) in [7, 11) is 0. The Balaban J connectivity index is 1.74. The van der Waals surface area contributed by atoms with E-state index in [2.05, 4.69) is 24.4 Å². The molecule has 3 aromatic rings. The number of rotatable bonds is 10. The third kappa shape index (κ3) is 5.89. The van der Waals surface area contributed by atoms with Crippen LogP contribution in [0.1, 0.15) is 30.5 Å². The molecule has 1 N–H and O–H groups in total. The van der Waals surface area contributed by atoms with Crippen LogP contribution in [0.15, 0.2) is 60.7 Å². The lowest BCUT2D eigenvalue weighted by Crippen LogP contribution is -2.05. The fraction of sp³-hybridized carbons (Fsp3) is 0.250. The summed E-state index contributed by atoms with van der Waals surface area (Å²) in [6, 6.07) is 18.2. The Labute approximate surface area is 186 Å². The molecule has 3 rings (SSSR count). The highest BCUT2D eigenvalue weighted by atomic mass is 35.5. The summed E-state index contributed by atoms with van der Waals surface area (Å²) in [6.45, 7) is 5.32. The summed E-state index contributed by atoms with van der Waals surface area (Å²) in [4.78, 5) is 10.4. The van der Waals surface area contributed by atoms with Crippen LogP contribution in [0.2, 0.25) is 5.02 Å². The van der Waals surface area contributed by atoms with Crippen molar-refractivity contribution in [3.63, 3.8) is 0 Å². The molecule has 0 saturated carbocycles. The van der Waals surface area contributed by atoms with E-state index in [0.29, 0.717) is 29.7 Å². The molecule has 0 heterocycles. The summed E-state index contributed by atoms with van der Waals surface area (Å²) >= 11 is 6.52. The number of hydrogen-bond donors (Lipinski definition) is 1. The highest BCUT2D eigenvalue weighted by Gasteiger charge is 2.14. The van der Waals surface area contributed by atoms with E-state index in [0.717, 1.165) is 23.2 Å². The Hall–Kier alpha value is -3.25. The zero-order valence-electron chi connectivity index (χ0n) is 17.6. The van der Waals surface area contributed by atoms with Crippen molar-refractivity contribution in [2.75, 3.05) is 11.9 Å². The average molecular weight is 441 g/mol. The smallest absolute Gasteiger partial charge is 0.269 e. The first kappa shape index (κ1) is 22.4. The van der Waals surface area contributed by atoms with Crippen LogP contribution in [-0.4, -0.2) is 11.5 Å². The van der Waals surface area contributed by atoms with Gasteiger partial charge in [0.2, 0.25) is 0 Å². The highest BCUT2D eigenvalue weighted by molar-refractivity contribution is 6.32. The molecule has 0 atom stereocenters. The van der Waals surface area contributed by atoms with Crippen molar-refractivity contribution in [2.24, 2.45) is 0 Å². The number of aryl methyl sites for hydroxylation is 1. The minimum atomic E-state index is -0.430. The van der Waals surface area contributed by atoms with Crippen LogP contribution in [0.25, 0.3) is 0 Å². The van der Waals surface area contributed by atoms with Crippen molar-refractivity contribution < 1.29 is 14.4 Å². The van der Waals surface area contributed by atoms with Crippen LogP contribution in [-0.2, 0) is 19.6 Å². The van der Waals surface area contributed by atoms with Crippen LogP contribution in [0, 0.1) is 10.1 Å². The standard InChI is InChI=1S/C24H25ClN2O4/c1-3-19-7-5-6-8-22(19)26-15-18-13-21(25)24(23(14-18)30-4-2)31-16-17-9-11-20(12-10-17)27(28)29/h5-14,26H,3-4,15-16H2,1-2H3. The maximum atomic E-state index is 10.8. The van der Waals surface area contributed by atoms with E-state index in [1.54, 1.807) is 12.1 Å². The van der Waals surface area contributed by atoms with Crippen molar-refractivity contribution in [3.8, 4) is 11.5 Å². The Morgan fingerprint density at radius 2 is 1.74 bits per heavy atom. The van der Waals surface area contributed by atoms with E-state index >= 15 is 0 Å². The van der Waals surface area contributed by atoms with Crippen LogP contribution in [0.3, 0.4) is 0 Å². The molecule has 0 unspecified atom stereocenters. The van der Waals surface area contributed by atoms with E-state index in [-0.39, 0.29) is 12.3 Å². The molecule has 0 aliphatic rings. The number of nitro groups is 1. The van der Waals surface area contributed by atoms with Gasteiger partial charge in [0.15, 0.2) is 11.5 Å². The maximum Gasteiger partial charge on any atom is 0.269 e. The van der Waals surface area contributed by atoms with E-state index < -0.39 is 4.92 Å². The fourth-order valence-corrected chi connectivity index (χ4v) is 3.48. The Kier molecular flexibility index (Phi) is 7.73. The Morgan fingerprint density at radius 1 is 1.00 bits per heavy atom. The van der Waals surface area contributed by atoms with Crippen molar-refractivity contribution in [3.05, 3.63) is 92.5 Å². The summed E-state index contributed by atoms with van der Waals surface area (Å²) in [6.07, 6.45) is 0.948. The van der Waals surface area contributed by atoms with Gasteiger partial charge in [-0.25, -0.2) is 0 Å². The van der Waals surface area contributed by atoms with Crippen LogP contribution in [0.4, 0.5) is 11.4 Å². The van der Waals surface area contributed by atoms with Gasteiger partial charge in [-0.3, -0.25) is 10.1 Å². The molecule has 0 spiro atoms. The molecular weight excluding hydrogens is 416 g/mol. The molecular formula is C24H25ClN2O4. The fourth-order valence-electron chi connectivity index (χ4n) is 3.19. The second-order valence-electron chi connectivity index (χ2n) is 6.91. The van der Waals surface area contributed by atoms with Crippen molar-refractivity contribution in [1.82, 2.24) is 0 Å². The van der Waals surface area contributed by atoms with Gasteiger partial charge in [-0.2, -0.15) is 0 Å². The predicted octanol–water partition coefficient (Wildman–Crippen LogP) is 6.40. The van der Waals surface area contributed by atoms with E-state index in [4.69, 9.17) is 21.1 Å². The van der Waals surface area contributed by atoms with Gasteiger partial charge in [0.25, 0.3) is 5.69 Å². The molecule has 0 radical (unpaired) electrons. The van der Waals surface area contributed by atoms with Gasteiger partial charge >= 0.3 is 0 Å². The molecule has 0 amide bonds. The lowest BCUT2D eigenvalue weighted by atomic mass is 10.1. The third-order valence-corrected chi connectivity index (χ3v) is 5.06. The molecule has 0 aliphatic carbocycles. The quantitative estimate of drug-likeness (QED) is 0.291. The molecule has 6 nitrogen and oxygen atoms in total. The molecule has 0 aromatic heterocycles. The number of nitrogens with one attached hydrogen (secondary N) is 1. The molecule has 162 valence electrons. The van der Waals surface area contributed by atoms with Gasteiger partial charge in [-0.1, -0.05) is 36.7 Å². The molecule has 3 aromatic carbocycles. The van der Waals surface area contributed by atoms with E-state index in [9.17, 15) is 10.1 Å². The highest BCUT2D eigenvalue weighted by Crippen LogP contribution is 2.37. The van der Waals surface area contributed by atoms with Gasteiger partial charge in [0.1, 0.15) is 6.61 Å². The monoisotopic (exact) mass is 440 g/mol. The first-order valence-electron chi connectivity index (χ1n) is 10.1. The van der Waals surface area contributed by atoms with Crippen molar-refractivity contribution >= 4 is 23.0 Å². The maximum absolute atomic E-state index is 10.8. The summed E-state index contributed by atoms with van der Waals surface area (Å²) in [5.41, 5.74) is 4.16. The predicted molar refractivity (Wildman–Crippen MR) is 123 cm³/mol. The minimum Gasteiger partial charge on any atom is -0.490 e. The van der Waals surface area contributed by atoms with Gasteiger partial charge in [0, 0.05) is 24.4 Å². The van der Waals surface area contributed by atoms with Crippen LogP contribution in [0.5, 0.6) is 11.5 Å². The van der Waals surface area contributed by atoms with E-state index in [1.165, 1.54) is 17.7 Å². The molecule has 31 heavy (non-hydrogen) atoms. The molecule has 7 heteroatoms. The summed E-state index contributed by atoms with van der Waals surface area (Å²) in [5, 5.41) is 14.7. The zero-order chi connectivity index (χ0) is 22.2. The molecule has 0 fully saturated rings. The second kappa shape index (κ2) is 10.7. The number of anilines is 1. The molecule has 0 aliphatic heterocycles. The summed E-state index contributed by atoms with van der Waals surface area (Å²) in [5.74, 6) is 1.03. The minimum absolute atomic E-state index is 0.0401. The number of nitrogens with zero attached hydrogens (tertiary/aromatic N) is 1. The number of benzene rings is 3. The van der Waals surface area contributed by atoms with Crippen molar-refractivity contribution in [2.45, 2.75) is 33.4 Å². The van der Waals surface area contributed by atoms with Crippen LogP contribution < -0.4 is 14.8 Å². The zero-order valence-corrected chi connectivity index (χ0v) is 18.3. The number of para-hydroxylation sites is 1. The first-order chi connectivity index (χ1) is 15.0. The first-order valence-corrected chi connectivity index (χ1v) is 10.5. The molecule has 0 saturated heterocycles. The van der Waals surface area contributed by atoms with Gasteiger partial charge < -0.3 is 14.8 Å². The number of non-ortho nitro benzene ring substituents is 1. The SMILES string of the molecule is CCOc1cc(CNc2ccccc2CC)cc(Cl)c1OCc1ccc([N+](=O)[O-])cc1. The average Bonchev–Trinajstić information content (AvgIpc) is 2.77. The number of halogens is 1. The number of ether oxygens (including phenoxy) is 2. The topological polar surface area (TPSA) is 73.6 Å². The number of hydrogen-bond acceptors (Lipinski definition) is 5. The van der Waals surface area contributed by atoms with E-state index in [1.807, 2.05) is 31.2 Å². The normalized spacial score (nSPS) is 10.5. The largest absolute Gasteiger partial charge is 0.490 e. The lowest BCUT2D eigenvalue weighted by molar-refractivity contribution is -0.384. The van der Waals surface area contributed by atoms with Gasteiger partial charge in [0.05, 0.1) is 16.6 Å². The van der Waals surface area contributed by atoms with Gasteiger partial charge in [-0.15, -0.1) is 0 Å². The Morgan fingerprint density at radius 3 is 2.42 bits per heavy atom. The summed E-state index contributed by atoms with van der Waals surface area (Å²) < 4.78 is 11.7. The van der Waals surface area contributed by atoms with Crippen molar-refractivity contribution in [1.29, 1.82) is 0 Å².